The number of hydrogen-bond acceptors (Lipinski definition) is 5. The average molecular weight is 420 g/mol. The topological polar surface area (TPSA) is 76.1 Å². The summed E-state index contributed by atoms with van der Waals surface area (Å²) in [4.78, 5) is 0. The van der Waals surface area contributed by atoms with Gasteiger partial charge in [0, 0.05) is 13.1 Å². The monoisotopic (exact) mass is 419 g/mol. The number of sulfonamides is 1. The summed E-state index contributed by atoms with van der Waals surface area (Å²) in [5.74, 6) is 1.40. The van der Waals surface area contributed by atoms with E-state index in [1.54, 1.807) is 38.5 Å². The number of rotatable bonds is 11. The lowest BCUT2D eigenvalue weighted by atomic mass is 10.2. The van der Waals surface area contributed by atoms with E-state index in [0.29, 0.717) is 11.5 Å². The Hall–Kier alpha value is -2.35. The van der Waals surface area contributed by atoms with Crippen LogP contribution in [0.3, 0.4) is 0 Å². The van der Waals surface area contributed by atoms with Crippen LogP contribution in [0, 0.1) is 0 Å². The molecule has 0 aromatic heterocycles. The van der Waals surface area contributed by atoms with Crippen LogP contribution in [0.2, 0.25) is 0 Å². The molecule has 0 aliphatic heterocycles. The van der Waals surface area contributed by atoms with E-state index in [9.17, 15) is 13.5 Å². The molecule has 0 heterocycles. The van der Waals surface area contributed by atoms with Crippen molar-refractivity contribution < 1.29 is 23.0 Å². The van der Waals surface area contributed by atoms with E-state index in [-0.39, 0.29) is 19.5 Å². The second kappa shape index (κ2) is 10.4. The minimum atomic E-state index is -3.78. The van der Waals surface area contributed by atoms with Crippen LogP contribution in [0.1, 0.15) is 24.5 Å². The highest BCUT2D eigenvalue weighted by Gasteiger charge is 2.33. The molecule has 2 atom stereocenters. The Labute approximate surface area is 173 Å². The molecule has 2 aromatic rings. The van der Waals surface area contributed by atoms with Crippen molar-refractivity contribution >= 4 is 10.0 Å². The van der Waals surface area contributed by atoms with Crippen LogP contribution in [0.25, 0.3) is 0 Å². The van der Waals surface area contributed by atoms with Gasteiger partial charge in [-0.15, -0.1) is 6.58 Å². The number of aliphatic hydroxyl groups excluding tert-OH is 1. The first kappa shape index (κ1) is 22.9. The highest BCUT2D eigenvalue weighted by Crippen LogP contribution is 2.23. The number of nitrogens with zero attached hydrogens (tertiary/aromatic N) is 1. The number of aliphatic hydroxyl groups is 1. The van der Waals surface area contributed by atoms with Crippen LogP contribution in [0.5, 0.6) is 11.5 Å². The molecule has 0 saturated carbocycles. The lowest BCUT2D eigenvalue weighted by molar-refractivity contribution is 0.172. The summed E-state index contributed by atoms with van der Waals surface area (Å²) in [5.41, 5.74) is 1.65. The molecule has 0 spiro atoms. The van der Waals surface area contributed by atoms with Gasteiger partial charge >= 0.3 is 0 Å². The van der Waals surface area contributed by atoms with Crippen LogP contribution in [0.15, 0.2) is 61.2 Å². The molecular formula is C22H29NO5S. The smallest absolute Gasteiger partial charge is 0.219 e. The number of methoxy groups -OCH3 is 2. The number of hydrogen-bond donors (Lipinski definition) is 1. The van der Waals surface area contributed by atoms with E-state index in [4.69, 9.17) is 9.47 Å². The minimum Gasteiger partial charge on any atom is -0.497 e. The SMILES string of the molecule is C=CC[C@H](O)[C@@H](C)S(=O)(=O)N(Cc1ccc(OC)cc1)Cc1ccc(OC)cc1. The van der Waals surface area contributed by atoms with Gasteiger partial charge in [-0.2, -0.15) is 4.31 Å². The van der Waals surface area contributed by atoms with E-state index in [2.05, 4.69) is 6.58 Å². The maximum absolute atomic E-state index is 13.3. The van der Waals surface area contributed by atoms with Crippen molar-refractivity contribution in [3.63, 3.8) is 0 Å². The molecule has 1 N–H and O–H groups in total. The van der Waals surface area contributed by atoms with Crippen molar-refractivity contribution in [2.45, 2.75) is 37.8 Å². The minimum absolute atomic E-state index is 0.184. The Morgan fingerprint density at radius 1 is 0.966 bits per heavy atom. The lowest BCUT2D eigenvalue weighted by Crippen LogP contribution is -2.42. The van der Waals surface area contributed by atoms with E-state index in [1.807, 2.05) is 24.3 Å². The van der Waals surface area contributed by atoms with Crippen LogP contribution < -0.4 is 9.47 Å². The molecule has 158 valence electrons. The van der Waals surface area contributed by atoms with Gasteiger partial charge in [0.15, 0.2) is 0 Å². The molecule has 29 heavy (non-hydrogen) atoms. The second-order valence-electron chi connectivity index (χ2n) is 6.81. The summed E-state index contributed by atoms with van der Waals surface area (Å²) >= 11 is 0. The normalized spacial score (nSPS) is 13.7. The van der Waals surface area contributed by atoms with E-state index in [1.165, 1.54) is 17.3 Å². The fraction of sp³-hybridized carbons (Fsp3) is 0.364. The fourth-order valence-electron chi connectivity index (χ4n) is 2.90. The van der Waals surface area contributed by atoms with Crippen molar-refractivity contribution in [2.24, 2.45) is 0 Å². The number of ether oxygens (including phenoxy) is 2. The fourth-order valence-corrected chi connectivity index (χ4v) is 4.54. The van der Waals surface area contributed by atoms with Gasteiger partial charge in [0.1, 0.15) is 11.5 Å². The second-order valence-corrected chi connectivity index (χ2v) is 9.10. The van der Waals surface area contributed by atoms with Crippen LogP contribution in [-0.2, 0) is 23.1 Å². The maximum atomic E-state index is 13.3. The first-order valence-corrected chi connectivity index (χ1v) is 10.9. The summed E-state index contributed by atoms with van der Waals surface area (Å²) in [7, 11) is -0.614. The first-order chi connectivity index (χ1) is 13.8. The van der Waals surface area contributed by atoms with Crippen molar-refractivity contribution in [3.8, 4) is 11.5 Å². The lowest BCUT2D eigenvalue weighted by Gasteiger charge is -2.28. The Balaban J connectivity index is 2.32. The largest absolute Gasteiger partial charge is 0.497 e. The highest BCUT2D eigenvalue weighted by molar-refractivity contribution is 7.89. The van der Waals surface area contributed by atoms with Crippen LogP contribution >= 0.6 is 0 Å². The van der Waals surface area contributed by atoms with Crippen LogP contribution in [0.4, 0.5) is 0 Å². The molecule has 0 aliphatic carbocycles. The zero-order valence-corrected chi connectivity index (χ0v) is 17.9. The molecule has 0 amide bonds. The van der Waals surface area contributed by atoms with Crippen molar-refractivity contribution in [1.82, 2.24) is 4.31 Å². The number of benzene rings is 2. The van der Waals surface area contributed by atoms with Gasteiger partial charge in [0.25, 0.3) is 0 Å². The molecule has 2 rings (SSSR count). The van der Waals surface area contributed by atoms with Gasteiger partial charge in [-0.25, -0.2) is 8.42 Å². The highest BCUT2D eigenvalue weighted by atomic mass is 32.2. The molecular weight excluding hydrogens is 390 g/mol. The molecule has 0 aliphatic rings. The van der Waals surface area contributed by atoms with Gasteiger partial charge in [-0.3, -0.25) is 0 Å². The van der Waals surface area contributed by atoms with Gasteiger partial charge in [-0.05, 0) is 48.7 Å². The van der Waals surface area contributed by atoms with Crippen molar-refractivity contribution in [1.29, 1.82) is 0 Å². The molecule has 0 bridgehead atoms. The summed E-state index contributed by atoms with van der Waals surface area (Å²) in [6.45, 7) is 5.48. The van der Waals surface area contributed by atoms with Crippen LogP contribution in [-0.4, -0.2) is 43.4 Å². The summed E-state index contributed by atoms with van der Waals surface area (Å²) in [6, 6.07) is 14.5. The van der Waals surface area contributed by atoms with Gasteiger partial charge in [-0.1, -0.05) is 30.3 Å². The predicted molar refractivity (Wildman–Crippen MR) is 114 cm³/mol. The molecule has 7 heteroatoms. The summed E-state index contributed by atoms with van der Waals surface area (Å²) < 4.78 is 38.3. The Kier molecular flexibility index (Phi) is 8.25. The molecule has 0 saturated heterocycles. The predicted octanol–water partition coefficient (Wildman–Crippen LogP) is 3.36. The Bertz CT molecular complexity index is 829. The average Bonchev–Trinajstić information content (AvgIpc) is 2.73. The third kappa shape index (κ3) is 6.06. The summed E-state index contributed by atoms with van der Waals surface area (Å²) in [5, 5.41) is 9.30. The van der Waals surface area contributed by atoms with Gasteiger partial charge < -0.3 is 14.6 Å². The zero-order chi connectivity index (χ0) is 21.4. The van der Waals surface area contributed by atoms with Gasteiger partial charge in [0.2, 0.25) is 10.0 Å². The Morgan fingerprint density at radius 3 is 1.72 bits per heavy atom. The van der Waals surface area contributed by atoms with E-state index >= 15 is 0 Å². The van der Waals surface area contributed by atoms with Gasteiger partial charge in [0.05, 0.1) is 25.6 Å². The molecule has 0 unspecified atom stereocenters. The van der Waals surface area contributed by atoms with E-state index < -0.39 is 21.4 Å². The maximum Gasteiger partial charge on any atom is 0.219 e. The van der Waals surface area contributed by atoms with Crippen molar-refractivity contribution in [3.05, 3.63) is 72.3 Å². The van der Waals surface area contributed by atoms with Crippen molar-refractivity contribution in [2.75, 3.05) is 14.2 Å². The first-order valence-electron chi connectivity index (χ1n) is 9.35. The molecule has 6 nitrogen and oxygen atoms in total. The summed E-state index contributed by atoms with van der Waals surface area (Å²) in [6.07, 6.45) is 0.708. The third-order valence-corrected chi connectivity index (χ3v) is 7.05. The Morgan fingerprint density at radius 2 is 1.38 bits per heavy atom. The quantitative estimate of drug-likeness (QED) is 0.565. The zero-order valence-electron chi connectivity index (χ0n) is 17.1. The third-order valence-electron chi connectivity index (χ3n) is 4.82. The van der Waals surface area contributed by atoms with E-state index in [0.717, 1.165) is 11.1 Å². The molecule has 0 fully saturated rings. The standard InChI is InChI=1S/C22H29NO5S/c1-5-6-22(24)17(2)29(25,26)23(15-18-7-11-20(27-3)12-8-18)16-19-9-13-21(28-4)14-10-19/h5,7-14,17,22,24H,1,6,15-16H2,2-4H3/t17-,22+/m1/s1. The molecule has 0 radical (unpaired) electrons. The molecule has 2 aromatic carbocycles.